The van der Waals surface area contributed by atoms with Crippen molar-refractivity contribution in [2.45, 2.75) is 90.6 Å². The molecule has 0 bridgehead atoms. The maximum atomic E-state index is 12.7. The molecule has 0 aromatic carbocycles. The molecule has 7 atom stereocenters. The molecule has 3 saturated carbocycles. The summed E-state index contributed by atoms with van der Waals surface area (Å²) in [5.74, 6) is 5.17. The summed E-state index contributed by atoms with van der Waals surface area (Å²) < 4.78 is 26.8. The molecule has 6 heteroatoms. The number of nitrogens with zero attached hydrogens (tertiary/aromatic N) is 2. The number of aliphatic hydroxyl groups is 1. The Morgan fingerprint density at radius 3 is 2.69 bits per heavy atom. The lowest BCUT2D eigenvalue weighted by molar-refractivity contribution is -0.127. The molecule has 4 aliphatic carbocycles. The summed E-state index contributed by atoms with van der Waals surface area (Å²) >= 11 is 0. The molecule has 0 amide bonds. The van der Waals surface area contributed by atoms with Crippen LogP contribution >= 0.6 is 0 Å². The molecule has 1 aromatic rings. The van der Waals surface area contributed by atoms with Gasteiger partial charge in [-0.2, -0.15) is 9.19 Å². The predicted molar refractivity (Wildman–Crippen MR) is 125 cm³/mol. The highest BCUT2D eigenvalue weighted by molar-refractivity contribution is 7.89. The van der Waals surface area contributed by atoms with Crippen molar-refractivity contribution in [1.29, 1.82) is 0 Å². The quantitative estimate of drug-likeness (QED) is 0.687. The highest BCUT2D eigenvalue weighted by Gasteiger charge is 2.64. The molecule has 5 nitrogen and oxygen atoms in total. The highest BCUT2D eigenvalue weighted by atomic mass is 32.2. The molecule has 0 spiro atoms. The van der Waals surface area contributed by atoms with Gasteiger partial charge in [0, 0.05) is 11.6 Å². The van der Waals surface area contributed by atoms with E-state index in [1.165, 1.54) is 10.5 Å². The SMILES string of the molecule is C#C[C@@]1(O)CC[C@H]2[C@@H]3CC[C@H]4Cc5nn(S(=O)(=O)CCCC)cc5C[C@]4(C)[C@H]3CC[C@@]21C. The average Bonchev–Trinajstić information content (AvgIpc) is 3.29. The molecular formula is C26H38N2O3S. The first-order valence-corrected chi connectivity index (χ1v) is 14.2. The van der Waals surface area contributed by atoms with Gasteiger partial charge in [-0.25, -0.2) is 8.42 Å². The summed E-state index contributed by atoms with van der Waals surface area (Å²) in [6.07, 6.45) is 17.2. The standard InChI is InChI=1S/C26H38N2O3S/c1-5-7-14-32(30,31)28-17-18-16-24(3)19(15-23(18)27-28)8-9-20-21(24)10-12-25(4)22(20)11-13-26(25,29)6-2/h2,17,19-22,29H,5,7-16H2,1,3-4H3/t19-,20+,21-,22-,24-,25-,26+/m0/s1. The van der Waals surface area contributed by atoms with E-state index in [1.807, 2.05) is 13.1 Å². The summed E-state index contributed by atoms with van der Waals surface area (Å²) in [4.78, 5) is 0. The van der Waals surface area contributed by atoms with E-state index in [2.05, 4.69) is 24.9 Å². The van der Waals surface area contributed by atoms with E-state index in [4.69, 9.17) is 6.42 Å². The molecule has 0 radical (unpaired) electrons. The summed E-state index contributed by atoms with van der Waals surface area (Å²) in [5, 5.41) is 15.8. The van der Waals surface area contributed by atoms with E-state index in [1.54, 1.807) is 0 Å². The third-order valence-corrected chi connectivity index (χ3v) is 11.9. The molecule has 1 heterocycles. The van der Waals surface area contributed by atoms with E-state index in [9.17, 15) is 13.5 Å². The molecule has 5 rings (SSSR count). The van der Waals surface area contributed by atoms with E-state index in [0.717, 1.165) is 62.6 Å². The molecule has 1 aromatic heterocycles. The van der Waals surface area contributed by atoms with Crippen molar-refractivity contribution in [3.63, 3.8) is 0 Å². The van der Waals surface area contributed by atoms with Crippen LogP contribution in [0.25, 0.3) is 0 Å². The zero-order valence-electron chi connectivity index (χ0n) is 19.8. The second-order valence-electron chi connectivity index (χ2n) is 11.7. The van der Waals surface area contributed by atoms with Crippen LogP contribution in [0, 0.1) is 46.8 Å². The fourth-order valence-corrected chi connectivity index (χ4v) is 9.70. The van der Waals surface area contributed by atoms with E-state index >= 15 is 0 Å². The molecule has 0 saturated heterocycles. The summed E-state index contributed by atoms with van der Waals surface area (Å²) in [5.41, 5.74) is 1.14. The molecular weight excluding hydrogens is 420 g/mol. The molecule has 3 fully saturated rings. The second-order valence-corrected chi connectivity index (χ2v) is 13.6. The van der Waals surface area contributed by atoms with Crippen molar-refractivity contribution < 1.29 is 13.5 Å². The molecule has 32 heavy (non-hydrogen) atoms. The van der Waals surface area contributed by atoms with Gasteiger partial charge in [-0.1, -0.05) is 33.1 Å². The van der Waals surface area contributed by atoms with Gasteiger partial charge in [0.05, 0.1) is 11.4 Å². The maximum absolute atomic E-state index is 12.7. The number of terminal acetylenes is 1. The van der Waals surface area contributed by atoms with Crippen molar-refractivity contribution in [2.24, 2.45) is 34.5 Å². The van der Waals surface area contributed by atoms with Gasteiger partial charge in [-0.05, 0) is 92.4 Å². The van der Waals surface area contributed by atoms with Gasteiger partial charge in [0.1, 0.15) is 5.60 Å². The number of fused-ring (bicyclic) bond motifs is 6. The smallest absolute Gasteiger partial charge is 0.253 e. The predicted octanol–water partition coefficient (Wildman–Crippen LogP) is 4.18. The van der Waals surface area contributed by atoms with Crippen molar-refractivity contribution in [2.75, 3.05) is 5.75 Å². The third-order valence-electron chi connectivity index (χ3n) is 10.4. The van der Waals surface area contributed by atoms with Crippen molar-refractivity contribution >= 4 is 10.0 Å². The van der Waals surface area contributed by atoms with Crippen molar-refractivity contribution in [3.8, 4) is 12.3 Å². The van der Waals surface area contributed by atoms with Gasteiger partial charge in [0.15, 0.2) is 0 Å². The van der Waals surface area contributed by atoms with Crippen LogP contribution in [0.5, 0.6) is 0 Å². The Balaban J connectivity index is 1.44. The number of rotatable bonds is 4. The Morgan fingerprint density at radius 2 is 1.97 bits per heavy atom. The minimum absolute atomic E-state index is 0.161. The summed E-state index contributed by atoms with van der Waals surface area (Å²) in [7, 11) is -3.37. The number of hydrogen-bond acceptors (Lipinski definition) is 4. The van der Waals surface area contributed by atoms with Gasteiger partial charge in [0.2, 0.25) is 0 Å². The zero-order chi connectivity index (χ0) is 22.9. The monoisotopic (exact) mass is 458 g/mol. The van der Waals surface area contributed by atoms with Crippen LogP contribution in [0.3, 0.4) is 0 Å². The zero-order valence-corrected chi connectivity index (χ0v) is 20.6. The van der Waals surface area contributed by atoms with Crippen LogP contribution in [-0.4, -0.2) is 34.1 Å². The fourth-order valence-electron chi connectivity index (χ4n) is 8.34. The van der Waals surface area contributed by atoms with Crippen molar-refractivity contribution in [3.05, 3.63) is 17.5 Å². The molecule has 0 unspecified atom stereocenters. The molecule has 176 valence electrons. The Morgan fingerprint density at radius 1 is 1.22 bits per heavy atom. The minimum atomic E-state index is -3.37. The summed E-state index contributed by atoms with van der Waals surface area (Å²) in [6, 6.07) is 0. The lowest BCUT2D eigenvalue weighted by Crippen LogP contribution is -2.56. The van der Waals surface area contributed by atoms with Gasteiger partial charge >= 0.3 is 0 Å². The lowest BCUT2D eigenvalue weighted by atomic mass is 9.44. The summed E-state index contributed by atoms with van der Waals surface area (Å²) in [6.45, 7) is 6.69. The first-order valence-electron chi connectivity index (χ1n) is 12.6. The van der Waals surface area contributed by atoms with E-state index < -0.39 is 15.6 Å². The molecule has 4 aliphatic rings. The number of aromatic nitrogens is 2. The Labute approximate surface area is 193 Å². The fraction of sp³-hybridized carbons (Fsp3) is 0.808. The van der Waals surface area contributed by atoms with Gasteiger partial charge in [-0.15, -0.1) is 6.42 Å². The topological polar surface area (TPSA) is 72.2 Å². The largest absolute Gasteiger partial charge is 0.377 e. The number of hydrogen-bond donors (Lipinski definition) is 1. The van der Waals surface area contributed by atoms with E-state index in [0.29, 0.717) is 30.1 Å². The average molecular weight is 459 g/mol. The van der Waals surface area contributed by atoms with Crippen LogP contribution in [0.4, 0.5) is 0 Å². The van der Waals surface area contributed by atoms with Crippen LogP contribution in [0.1, 0.15) is 83.4 Å². The van der Waals surface area contributed by atoms with Crippen LogP contribution in [-0.2, 0) is 22.9 Å². The third kappa shape index (κ3) is 2.99. The second kappa shape index (κ2) is 7.34. The normalized spacial score (nSPS) is 43.0. The van der Waals surface area contributed by atoms with Crippen molar-refractivity contribution in [1.82, 2.24) is 9.19 Å². The first-order chi connectivity index (χ1) is 15.1. The van der Waals surface area contributed by atoms with Gasteiger partial charge in [-0.3, -0.25) is 0 Å². The van der Waals surface area contributed by atoms with Crippen LogP contribution in [0.15, 0.2) is 6.20 Å². The lowest BCUT2D eigenvalue weighted by Gasteiger charge is -2.60. The van der Waals surface area contributed by atoms with E-state index in [-0.39, 0.29) is 16.6 Å². The van der Waals surface area contributed by atoms with Gasteiger partial charge < -0.3 is 5.11 Å². The number of unbranched alkanes of at least 4 members (excludes halogenated alkanes) is 1. The van der Waals surface area contributed by atoms with Gasteiger partial charge in [0.25, 0.3) is 10.0 Å². The Bertz CT molecular complexity index is 1060. The minimum Gasteiger partial charge on any atom is -0.377 e. The first kappa shape index (κ1) is 22.5. The maximum Gasteiger partial charge on any atom is 0.253 e. The highest BCUT2D eigenvalue weighted by Crippen LogP contribution is 2.67. The molecule has 0 aliphatic heterocycles. The Kier molecular flexibility index (Phi) is 5.15. The van der Waals surface area contributed by atoms with Crippen LogP contribution in [0.2, 0.25) is 0 Å². The Hall–Kier alpha value is -1.32. The van der Waals surface area contributed by atoms with Crippen LogP contribution < -0.4 is 0 Å². The molecule has 1 N–H and O–H groups in total.